The van der Waals surface area contributed by atoms with Gasteiger partial charge in [-0.2, -0.15) is 13.2 Å². The van der Waals surface area contributed by atoms with Gasteiger partial charge in [0.1, 0.15) is 0 Å². The molecule has 0 aliphatic rings. The van der Waals surface area contributed by atoms with Gasteiger partial charge in [0.2, 0.25) is 0 Å². The van der Waals surface area contributed by atoms with E-state index in [0.717, 1.165) is 18.8 Å². The number of hydrogen-bond acceptors (Lipinski definition) is 3. The lowest BCUT2D eigenvalue weighted by molar-refractivity contribution is -0.137. The van der Waals surface area contributed by atoms with Gasteiger partial charge in [0, 0.05) is 23.5 Å². The van der Waals surface area contributed by atoms with E-state index in [9.17, 15) is 13.2 Å². The van der Waals surface area contributed by atoms with Crippen molar-refractivity contribution >= 4 is 11.8 Å². The van der Waals surface area contributed by atoms with Crippen LogP contribution in [-0.4, -0.2) is 22.3 Å². The van der Waals surface area contributed by atoms with Gasteiger partial charge in [-0.25, -0.2) is 4.98 Å². The molecule has 2 nitrogen and oxygen atoms in total. The molecule has 1 aromatic rings. The first kappa shape index (κ1) is 16.3. The lowest BCUT2D eigenvalue weighted by Crippen LogP contribution is -2.39. The van der Waals surface area contributed by atoms with Gasteiger partial charge in [-0.1, -0.05) is 6.92 Å². The van der Waals surface area contributed by atoms with Crippen LogP contribution in [0, 0.1) is 0 Å². The van der Waals surface area contributed by atoms with Crippen LogP contribution in [0.15, 0.2) is 23.4 Å². The Morgan fingerprint density at radius 1 is 1.26 bits per heavy atom. The molecular formula is C13H19F3N2S. The fourth-order valence-electron chi connectivity index (χ4n) is 1.32. The second-order valence-electron chi connectivity index (χ2n) is 5.44. The Balaban J connectivity index is 2.54. The van der Waals surface area contributed by atoms with Crippen molar-refractivity contribution in [2.75, 3.05) is 6.54 Å². The van der Waals surface area contributed by atoms with Crippen LogP contribution in [0.3, 0.4) is 0 Å². The molecule has 0 aliphatic carbocycles. The summed E-state index contributed by atoms with van der Waals surface area (Å²) >= 11 is 1.46. The average molecular weight is 292 g/mol. The first-order valence-corrected chi connectivity index (χ1v) is 6.91. The van der Waals surface area contributed by atoms with E-state index in [1.54, 1.807) is 0 Å². The SMILES string of the molecule is CC(CNC(C)(C)C)Sc1ccc(C(F)(F)F)cn1. The highest BCUT2D eigenvalue weighted by molar-refractivity contribution is 7.99. The maximum Gasteiger partial charge on any atom is 0.417 e. The normalized spacial score (nSPS) is 14.5. The van der Waals surface area contributed by atoms with Gasteiger partial charge in [0.15, 0.2) is 0 Å². The van der Waals surface area contributed by atoms with Crippen molar-refractivity contribution < 1.29 is 13.2 Å². The summed E-state index contributed by atoms with van der Waals surface area (Å²) in [7, 11) is 0. The van der Waals surface area contributed by atoms with E-state index in [1.165, 1.54) is 17.8 Å². The number of alkyl halides is 3. The maximum atomic E-state index is 12.4. The summed E-state index contributed by atoms with van der Waals surface area (Å²) in [5.74, 6) is 0. The van der Waals surface area contributed by atoms with Gasteiger partial charge >= 0.3 is 6.18 Å². The van der Waals surface area contributed by atoms with Crippen molar-refractivity contribution in [1.82, 2.24) is 10.3 Å². The van der Waals surface area contributed by atoms with Crippen molar-refractivity contribution in [3.8, 4) is 0 Å². The molecule has 0 fully saturated rings. The number of rotatable bonds is 4. The fourth-order valence-corrected chi connectivity index (χ4v) is 2.15. The third kappa shape index (κ3) is 6.29. The van der Waals surface area contributed by atoms with Gasteiger partial charge < -0.3 is 5.32 Å². The van der Waals surface area contributed by atoms with Crippen LogP contribution < -0.4 is 5.32 Å². The molecule has 108 valence electrons. The third-order valence-electron chi connectivity index (χ3n) is 2.31. The summed E-state index contributed by atoms with van der Waals surface area (Å²) in [6.07, 6.45) is -3.44. The molecule has 0 amide bonds. The monoisotopic (exact) mass is 292 g/mol. The molecule has 19 heavy (non-hydrogen) atoms. The predicted molar refractivity (Wildman–Crippen MR) is 72.3 cm³/mol. The molecule has 1 aromatic heterocycles. The highest BCUT2D eigenvalue weighted by atomic mass is 32.2. The summed E-state index contributed by atoms with van der Waals surface area (Å²) in [5, 5.41) is 4.20. The molecular weight excluding hydrogens is 273 g/mol. The second-order valence-corrected chi connectivity index (χ2v) is 6.90. The zero-order chi connectivity index (χ0) is 14.7. The Kier molecular flexibility index (Phi) is 5.26. The molecule has 0 spiro atoms. The number of thioether (sulfide) groups is 1. The predicted octanol–water partition coefficient (Wildman–Crippen LogP) is 3.97. The quantitative estimate of drug-likeness (QED) is 0.850. The van der Waals surface area contributed by atoms with E-state index in [0.29, 0.717) is 5.03 Å². The smallest absolute Gasteiger partial charge is 0.311 e. The first-order chi connectivity index (χ1) is 8.58. The molecule has 1 rings (SSSR count). The summed E-state index contributed by atoms with van der Waals surface area (Å²) < 4.78 is 37.1. The molecule has 0 aliphatic heterocycles. The summed E-state index contributed by atoms with van der Waals surface area (Å²) in [6, 6.07) is 2.49. The van der Waals surface area contributed by atoms with Crippen LogP contribution in [0.1, 0.15) is 33.3 Å². The zero-order valence-corrected chi connectivity index (χ0v) is 12.3. The third-order valence-corrected chi connectivity index (χ3v) is 3.36. The number of halogens is 3. The minimum Gasteiger partial charge on any atom is -0.311 e. The highest BCUT2D eigenvalue weighted by Gasteiger charge is 2.30. The zero-order valence-electron chi connectivity index (χ0n) is 11.5. The summed E-state index contributed by atoms with van der Waals surface area (Å²) in [5.41, 5.74) is -0.681. The fraction of sp³-hybridized carbons (Fsp3) is 0.615. The van der Waals surface area contributed by atoms with Gasteiger partial charge in [0.05, 0.1) is 10.6 Å². The van der Waals surface area contributed by atoms with Gasteiger partial charge in [0.25, 0.3) is 0 Å². The van der Waals surface area contributed by atoms with Crippen LogP contribution in [0.2, 0.25) is 0 Å². The Morgan fingerprint density at radius 3 is 2.32 bits per heavy atom. The van der Waals surface area contributed by atoms with Crippen LogP contribution in [-0.2, 0) is 6.18 Å². The van der Waals surface area contributed by atoms with E-state index < -0.39 is 11.7 Å². The minimum atomic E-state index is -4.32. The molecule has 0 bridgehead atoms. The standard InChI is InChI=1S/C13H19F3N2S/c1-9(7-18-12(2,3)4)19-11-6-5-10(8-17-11)13(14,15)16/h5-6,8-9,18H,7H2,1-4H3. The Bertz CT molecular complexity index is 396. The Hall–Kier alpha value is -0.750. The highest BCUT2D eigenvalue weighted by Crippen LogP contribution is 2.30. The number of aromatic nitrogens is 1. The number of nitrogens with one attached hydrogen (secondary N) is 1. The summed E-state index contributed by atoms with van der Waals surface area (Å²) in [4.78, 5) is 3.84. The van der Waals surface area contributed by atoms with E-state index in [2.05, 4.69) is 31.1 Å². The van der Waals surface area contributed by atoms with Crippen molar-refractivity contribution in [2.24, 2.45) is 0 Å². The van der Waals surface area contributed by atoms with Gasteiger partial charge in [-0.05, 0) is 32.9 Å². The maximum absolute atomic E-state index is 12.4. The average Bonchev–Trinajstić information content (AvgIpc) is 2.25. The van der Waals surface area contributed by atoms with E-state index in [-0.39, 0.29) is 10.8 Å². The second kappa shape index (κ2) is 6.13. The van der Waals surface area contributed by atoms with Gasteiger partial charge in [-0.3, -0.25) is 0 Å². The van der Waals surface area contributed by atoms with E-state index >= 15 is 0 Å². The summed E-state index contributed by atoms with van der Waals surface area (Å²) in [6.45, 7) is 9.00. The minimum absolute atomic E-state index is 0.0301. The largest absolute Gasteiger partial charge is 0.417 e. The lowest BCUT2D eigenvalue weighted by Gasteiger charge is -2.23. The molecule has 0 saturated carbocycles. The molecule has 1 heterocycles. The van der Waals surface area contributed by atoms with Crippen molar-refractivity contribution in [3.05, 3.63) is 23.9 Å². The topological polar surface area (TPSA) is 24.9 Å². The molecule has 1 N–H and O–H groups in total. The lowest BCUT2D eigenvalue weighted by atomic mass is 10.1. The van der Waals surface area contributed by atoms with E-state index in [1.807, 2.05) is 6.92 Å². The molecule has 0 aromatic carbocycles. The Labute approximate surface area is 116 Å². The Morgan fingerprint density at radius 2 is 1.89 bits per heavy atom. The number of pyridine rings is 1. The van der Waals surface area contributed by atoms with Crippen LogP contribution in [0.4, 0.5) is 13.2 Å². The van der Waals surface area contributed by atoms with Crippen LogP contribution >= 0.6 is 11.8 Å². The van der Waals surface area contributed by atoms with Crippen molar-refractivity contribution in [1.29, 1.82) is 0 Å². The van der Waals surface area contributed by atoms with Crippen molar-refractivity contribution in [3.63, 3.8) is 0 Å². The van der Waals surface area contributed by atoms with Crippen LogP contribution in [0.5, 0.6) is 0 Å². The molecule has 1 atom stereocenters. The molecule has 0 radical (unpaired) electrons. The number of hydrogen-bond donors (Lipinski definition) is 1. The van der Waals surface area contributed by atoms with Crippen LogP contribution in [0.25, 0.3) is 0 Å². The molecule has 6 heteroatoms. The molecule has 0 saturated heterocycles. The first-order valence-electron chi connectivity index (χ1n) is 6.03. The number of nitrogens with zero attached hydrogens (tertiary/aromatic N) is 1. The van der Waals surface area contributed by atoms with Gasteiger partial charge in [-0.15, -0.1) is 11.8 Å². The molecule has 1 unspecified atom stereocenters. The van der Waals surface area contributed by atoms with E-state index in [4.69, 9.17) is 0 Å². The van der Waals surface area contributed by atoms with Crippen molar-refractivity contribution in [2.45, 2.75) is 49.7 Å².